The van der Waals surface area contributed by atoms with Crippen LogP contribution in [-0.2, 0) is 9.47 Å². The van der Waals surface area contributed by atoms with Gasteiger partial charge in [-0.05, 0) is 145 Å². The number of hydrogen-bond acceptors (Lipinski definition) is 19. The van der Waals surface area contributed by atoms with E-state index in [1.54, 1.807) is 28.6 Å². The van der Waals surface area contributed by atoms with Gasteiger partial charge in [-0.25, -0.2) is 48.9 Å². The van der Waals surface area contributed by atoms with Gasteiger partial charge in [0.25, 0.3) is 12.0 Å². The van der Waals surface area contributed by atoms with Crippen molar-refractivity contribution in [2.75, 3.05) is 41.1 Å². The molecular weight excluding hydrogens is 953 g/mol. The third-order valence-corrected chi connectivity index (χ3v) is 11.5. The highest BCUT2D eigenvalue weighted by molar-refractivity contribution is 5.98. The molecule has 10 aromatic rings. The molecule has 0 unspecified atom stereocenters. The van der Waals surface area contributed by atoms with Crippen molar-refractivity contribution < 1.29 is 24.1 Å². The standard InChI is InChI=1S/2C26H24N8O2.C2H6O/c2*1-16-10-17(5-7-22(16)36-19-8-9-34-23(12-19)28-15-30-34)31-24-20-11-18(4-6-21(20)27-14-29-24)32-25-33-26(2,3)13-35-25;1-2-3/h2*4-12,14-15H,13H2,1-3H3,(H,32,33)(H,27,29,31);3H,2H2,1H3. The fraction of sp³-hybridized carbons (Fsp3) is 0.222. The fourth-order valence-corrected chi connectivity index (χ4v) is 7.94. The predicted molar refractivity (Wildman–Crippen MR) is 289 cm³/mol. The van der Waals surface area contributed by atoms with Crippen molar-refractivity contribution in [3.05, 3.63) is 146 Å². The van der Waals surface area contributed by atoms with Crippen LogP contribution in [0.4, 0.5) is 34.4 Å². The first kappa shape index (κ1) is 49.1. The molecule has 2 aliphatic heterocycles. The summed E-state index contributed by atoms with van der Waals surface area (Å²) in [6, 6.07) is 32.0. The zero-order chi connectivity index (χ0) is 52.1. The first-order valence-corrected chi connectivity index (χ1v) is 24.0. The number of aromatic nitrogens is 10. The normalized spacial score (nSPS) is 14.1. The molecule has 21 nitrogen and oxygen atoms in total. The molecule has 75 heavy (non-hydrogen) atoms. The third-order valence-electron chi connectivity index (χ3n) is 11.5. The molecule has 0 atom stereocenters. The van der Waals surface area contributed by atoms with E-state index in [1.165, 1.54) is 12.7 Å². The molecule has 0 aliphatic carbocycles. The average molecular weight is 1010 g/mol. The molecule has 0 bridgehead atoms. The number of aryl methyl sites for hydroxylation is 2. The number of aliphatic hydroxyl groups excluding tert-OH is 1. The molecule has 12 rings (SSSR count). The Balaban J connectivity index is 0.000000163. The van der Waals surface area contributed by atoms with Crippen LogP contribution in [0.5, 0.6) is 23.0 Å². The Hall–Kier alpha value is -9.50. The molecule has 8 heterocycles. The largest absolute Gasteiger partial charge is 0.462 e. The molecule has 0 saturated carbocycles. The number of pyridine rings is 2. The molecule has 0 spiro atoms. The van der Waals surface area contributed by atoms with Crippen molar-refractivity contribution in [3.63, 3.8) is 0 Å². The average Bonchev–Trinajstić information content (AvgIpc) is 4.21. The molecule has 0 radical (unpaired) electrons. The first-order chi connectivity index (χ1) is 36.2. The van der Waals surface area contributed by atoms with Gasteiger partial charge in [-0.1, -0.05) is 0 Å². The SMILES string of the molecule is CCO.Cc1cc(Nc2ncnc3ccc(NC4=NC(C)(C)CO4)cc23)ccc1Oc1ccn2ncnc2c1.Cc1cc(Nc2ncnc3ccc(NC4=NC(C)(C)CO4)cc23)ccc1Oc1ccn2ncnc2c1. The number of fused-ring (bicyclic) bond motifs is 4. The van der Waals surface area contributed by atoms with Crippen molar-refractivity contribution in [2.24, 2.45) is 9.98 Å². The Labute approximate surface area is 430 Å². The number of aliphatic hydroxyl groups is 1. The summed E-state index contributed by atoms with van der Waals surface area (Å²) in [5.74, 6) is 4.29. The summed E-state index contributed by atoms with van der Waals surface area (Å²) in [6.07, 6.45) is 9.76. The highest BCUT2D eigenvalue weighted by Crippen LogP contribution is 2.34. The smallest absolute Gasteiger partial charge is 0.289 e. The summed E-state index contributed by atoms with van der Waals surface area (Å²) in [4.78, 5) is 35.3. The van der Waals surface area contributed by atoms with Crippen LogP contribution >= 0.6 is 0 Å². The van der Waals surface area contributed by atoms with Gasteiger partial charge < -0.3 is 45.3 Å². The number of hydrogen-bond donors (Lipinski definition) is 5. The molecule has 6 aromatic heterocycles. The van der Waals surface area contributed by atoms with E-state index in [9.17, 15) is 0 Å². The first-order valence-electron chi connectivity index (χ1n) is 24.0. The lowest BCUT2D eigenvalue weighted by atomic mass is 10.1. The van der Waals surface area contributed by atoms with Crippen LogP contribution in [-0.4, -0.2) is 97.2 Å². The number of nitrogens with one attached hydrogen (secondary N) is 4. The van der Waals surface area contributed by atoms with E-state index in [0.717, 1.165) is 78.5 Å². The van der Waals surface area contributed by atoms with Gasteiger partial charge in [0, 0.05) is 64.7 Å². The summed E-state index contributed by atoms with van der Waals surface area (Å²) in [7, 11) is 0. The highest BCUT2D eigenvalue weighted by atomic mass is 16.5. The number of anilines is 6. The van der Waals surface area contributed by atoms with Crippen LogP contribution in [0.2, 0.25) is 0 Å². The maximum absolute atomic E-state index is 7.57. The zero-order valence-electron chi connectivity index (χ0n) is 42.3. The lowest BCUT2D eigenvalue weighted by Crippen LogP contribution is -2.17. The van der Waals surface area contributed by atoms with Crippen LogP contribution in [0.15, 0.2) is 145 Å². The molecule has 0 saturated heterocycles. The Morgan fingerprint density at radius 1 is 0.520 bits per heavy atom. The van der Waals surface area contributed by atoms with E-state index in [2.05, 4.69) is 71.4 Å². The van der Waals surface area contributed by atoms with E-state index in [1.807, 2.05) is 151 Å². The Morgan fingerprint density at radius 2 is 0.933 bits per heavy atom. The predicted octanol–water partition coefficient (Wildman–Crippen LogP) is 10.2. The van der Waals surface area contributed by atoms with Crippen molar-refractivity contribution >= 4 is 79.5 Å². The van der Waals surface area contributed by atoms with Gasteiger partial charge >= 0.3 is 0 Å². The van der Waals surface area contributed by atoms with Gasteiger partial charge in [0.2, 0.25) is 0 Å². The van der Waals surface area contributed by atoms with Crippen molar-refractivity contribution in [2.45, 2.75) is 59.5 Å². The van der Waals surface area contributed by atoms with Gasteiger partial charge in [-0.15, -0.1) is 0 Å². The molecule has 4 aromatic carbocycles. The fourth-order valence-electron chi connectivity index (χ4n) is 7.94. The summed E-state index contributed by atoms with van der Waals surface area (Å²) >= 11 is 0. The van der Waals surface area contributed by atoms with Crippen molar-refractivity contribution in [3.8, 4) is 23.0 Å². The maximum atomic E-state index is 7.57. The van der Waals surface area contributed by atoms with Crippen molar-refractivity contribution in [1.82, 2.24) is 49.1 Å². The summed E-state index contributed by atoms with van der Waals surface area (Å²) in [5, 5.41) is 30.9. The topological polar surface area (TPSA) is 242 Å². The molecular formula is C54H54N16O5. The quantitative estimate of drug-likeness (QED) is 0.0855. The number of nitrogens with zero attached hydrogens (tertiary/aromatic N) is 12. The molecule has 0 fully saturated rings. The van der Waals surface area contributed by atoms with E-state index >= 15 is 0 Å². The lowest BCUT2D eigenvalue weighted by molar-refractivity contribution is 0.278. The Bertz CT molecular complexity index is 3520. The van der Waals surface area contributed by atoms with Gasteiger partial charge in [0.05, 0.1) is 22.1 Å². The molecule has 380 valence electrons. The minimum atomic E-state index is -0.230. The van der Waals surface area contributed by atoms with E-state index in [4.69, 9.17) is 24.1 Å². The van der Waals surface area contributed by atoms with Crippen LogP contribution in [0, 0.1) is 13.8 Å². The van der Waals surface area contributed by atoms with Gasteiger partial charge in [0.15, 0.2) is 11.3 Å². The van der Waals surface area contributed by atoms with Gasteiger partial charge in [-0.3, -0.25) is 0 Å². The van der Waals surface area contributed by atoms with Crippen molar-refractivity contribution in [1.29, 1.82) is 0 Å². The monoisotopic (exact) mass is 1010 g/mol. The second-order valence-corrected chi connectivity index (χ2v) is 18.8. The molecule has 0 amide bonds. The van der Waals surface area contributed by atoms with Crippen LogP contribution in [0.3, 0.4) is 0 Å². The Kier molecular flexibility index (Phi) is 13.7. The van der Waals surface area contributed by atoms with Crippen LogP contribution in [0.1, 0.15) is 45.7 Å². The minimum absolute atomic E-state index is 0.230. The van der Waals surface area contributed by atoms with Crippen LogP contribution in [0.25, 0.3) is 33.1 Å². The van der Waals surface area contributed by atoms with E-state index in [0.29, 0.717) is 48.4 Å². The highest BCUT2D eigenvalue weighted by Gasteiger charge is 2.27. The number of aliphatic imine (C=N–C) groups is 2. The summed E-state index contributed by atoms with van der Waals surface area (Å²) in [6.45, 7) is 15.2. The maximum Gasteiger partial charge on any atom is 0.289 e. The summed E-state index contributed by atoms with van der Waals surface area (Å²) in [5.41, 5.74) is 8.06. The van der Waals surface area contributed by atoms with E-state index in [-0.39, 0.29) is 17.7 Å². The molecule has 21 heteroatoms. The van der Waals surface area contributed by atoms with Gasteiger partial charge in [0.1, 0.15) is 73.2 Å². The van der Waals surface area contributed by atoms with Gasteiger partial charge in [-0.2, -0.15) is 10.2 Å². The zero-order valence-corrected chi connectivity index (χ0v) is 42.3. The number of benzene rings is 4. The third kappa shape index (κ3) is 11.7. The molecule has 2 aliphatic rings. The lowest BCUT2D eigenvalue weighted by Gasteiger charge is -2.13. The second kappa shape index (κ2) is 20.9. The van der Waals surface area contributed by atoms with E-state index < -0.39 is 0 Å². The minimum Gasteiger partial charge on any atom is -0.462 e. The summed E-state index contributed by atoms with van der Waals surface area (Å²) < 4.78 is 26.9. The number of ether oxygens (including phenoxy) is 4. The van der Waals surface area contributed by atoms with Crippen LogP contribution < -0.4 is 30.7 Å². The number of rotatable bonds is 10. The Morgan fingerprint density at radius 3 is 1.33 bits per heavy atom. The number of amidine groups is 2. The second-order valence-electron chi connectivity index (χ2n) is 18.8. The molecule has 5 N–H and O–H groups in total.